The summed E-state index contributed by atoms with van der Waals surface area (Å²) in [6, 6.07) is 2.24. The van der Waals surface area contributed by atoms with Gasteiger partial charge in [0.15, 0.2) is 0 Å². The second-order valence-corrected chi connectivity index (χ2v) is 5.58. The highest BCUT2D eigenvalue weighted by Gasteiger charge is 2.33. The van der Waals surface area contributed by atoms with Crippen LogP contribution in [0.4, 0.5) is 5.82 Å². The van der Waals surface area contributed by atoms with Gasteiger partial charge in [-0.3, -0.25) is 0 Å². The van der Waals surface area contributed by atoms with E-state index in [2.05, 4.69) is 42.0 Å². The molecule has 0 aromatic carbocycles. The van der Waals surface area contributed by atoms with Gasteiger partial charge in [0.05, 0.1) is 0 Å². The van der Waals surface area contributed by atoms with Crippen LogP contribution in [-0.2, 0) is 6.54 Å². The summed E-state index contributed by atoms with van der Waals surface area (Å²) in [5.41, 5.74) is 2.79. The summed E-state index contributed by atoms with van der Waals surface area (Å²) in [4.78, 5) is 7.11. The van der Waals surface area contributed by atoms with E-state index in [9.17, 15) is 0 Å². The van der Waals surface area contributed by atoms with Crippen LogP contribution in [0.25, 0.3) is 0 Å². The normalized spacial score (nSPS) is 18.7. The average Bonchev–Trinajstić information content (AvgIpc) is 2.59. The molecule has 3 nitrogen and oxygen atoms in total. The van der Waals surface area contributed by atoms with E-state index in [-0.39, 0.29) is 5.54 Å². The standard InChI is InChI=1S/C14H23N3/c1-11-8-12(9-15-4)10-16-13(11)17-7-5-6-14(17,2)3/h8,10,15H,5-7,9H2,1-4H3. The van der Waals surface area contributed by atoms with Crippen LogP contribution in [-0.4, -0.2) is 24.1 Å². The first-order valence-corrected chi connectivity index (χ1v) is 6.42. The van der Waals surface area contributed by atoms with Crippen LogP contribution in [0.1, 0.15) is 37.8 Å². The molecule has 0 spiro atoms. The highest BCUT2D eigenvalue weighted by Crippen LogP contribution is 2.34. The molecule has 1 aromatic rings. The smallest absolute Gasteiger partial charge is 0.131 e. The maximum atomic E-state index is 4.66. The number of hydrogen-bond donors (Lipinski definition) is 1. The number of aryl methyl sites for hydroxylation is 1. The largest absolute Gasteiger partial charge is 0.351 e. The maximum absolute atomic E-state index is 4.66. The van der Waals surface area contributed by atoms with Gasteiger partial charge in [-0.15, -0.1) is 0 Å². The first kappa shape index (κ1) is 12.4. The number of anilines is 1. The molecule has 0 atom stereocenters. The minimum atomic E-state index is 0.252. The summed E-state index contributed by atoms with van der Waals surface area (Å²) in [5, 5.41) is 3.16. The van der Waals surface area contributed by atoms with Crippen molar-refractivity contribution in [2.45, 2.75) is 45.7 Å². The summed E-state index contributed by atoms with van der Waals surface area (Å²) in [6.45, 7) is 8.80. The van der Waals surface area contributed by atoms with Crippen molar-refractivity contribution < 1.29 is 0 Å². The fourth-order valence-corrected chi connectivity index (χ4v) is 2.71. The summed E-state index contributed by atoms with van der Waals surface area (Å²) >= 11 is 0. The second-order valence-electron chi connectivity index (χ2n) is 5.58. The third-order valence-electron chi connectivity index (χ3n) is 3.64. The third-order valence-corrected chi connectivity index (χ3v) is 3.64. The maximum Gasteiger partial charge on any atom is 0.131 e. The molecular weight excluding hydrogens is 210 g/mol. The molecule has 94 valence electrons. The van der Waals surface area contributed by atoms with E-state index in [0.717, 1.165) is 18.9 Å². The molecule has 0 bridgehead atoms. The lowest BCUT2D eigenvalue weighted by Crippen LogP contribution is -2.39. The van der Waals surface area contributed by atoms with E-state index >= 15 is 0 Å². The summed E-state index contributed by atoms with van der Waals surface area (Å²) in [7, 11) is 1.97. The van der Waals surface area contributed by atoms with Gasteiger partial charge in [-0.25, -0.2) is 4.98 Å². The quantitative estimate of drug-likeness (QED) is 0.869. The Balaban J connectivity index is 2.27. The van der Waals surface area contributed by atoms with E-state index in [1.165, 1.54) is 24.0 Å². The van der Waals surface area contributed by atoms with Crippen molar-refractivity contribution in [3.05, 3.63) is 23.4 Å². The average molecular weight is 233 g/mol. The van der Waals surface area contributed by atoms with Crippen molar-refractivity contribution in [2.75, 3.05) is 18.5 Å². The van der Waals surface area contributed by atoms with E-state index in [1.54, 1.807) is 0 Å². The van der Waals surface area contributed by atoms with Gasteiger partial charge in [0, 0.05) is 24.8 Å². The Bertz CT molecular complexity index is 398. The van der Waals surface area contributed by atoms with Gasteiger partial charge in [-0.1, -0.05) is 0 Å². The van der Waals surface area contributed by atoms with E-state index in [0.29, 0.717) is 0 Å². The van der Waals surface area contributed by atoms with Crippen molar-refractivity contribution in [3.63, 3.8) is 0 Å². The first-order chi connectivity index (χ1) is 8.04. The van der Waals surface area contributed by atoms with Gasteiger partial charge < -0.3 is 10.2 Å². The van der Waals surface area contributed by atoms with Crippen LogP contribution in [0, 0.1) is 6.92 Å². The lowest BCUT2D eigenvalue weighted by molar-refractivity contribution is 0.513. The Morgan fingerprint density at radius 1 is 1.47 bits per heavy atom. The van der Waals surface area contributed by atoms with E-state index < -0.39 is 0 Å². The molecule has 1 aliphatic heterocycles. The Morgan fingerprint density at radius 2 is 2.24 bits per heavy atom. The second kappa shape index (κ2) is 4.65. The van der Waals surface area contributed by atoms with Gasteiger partial charge >= 0.3 is 0 Å². The zero-order chi connectivity index (χ0) is 12.5. The number of hydrogen-bond acceptors (Lipinski definition) is 3. The van der Waals surface area contributed by atoms with Crippen molar-refractivity contribution in [1.82, 2.24) is 10.3 Å². The number of rotatable bonds is 3. The Kier molecular flexibility index (Phi) is 3.38. The zero-order valence-electron chi connectivity index (χ0n) is 11.4. The Hall–Kier alpha value is -1.09. The topological polar surface area (TPSA) is 28.2 Å². The molecule has 0 unspecified atom stereocenters. The Morgan fingerprint density at radius 3 is 2.76 bits per heavy atom. The van der Waals surface area contributed by atoms with Gasteiger partial charge in [-0.2, -0.15) is 0 Å². The number of pyridine rings is 1. The number of aromatic nitrogens is 1. The molecule has 3 heteroatoms. The van der Waals surface area contributed by atoms with Crippen molar-refractivity contribution in [1.29, 1.82) is 0 Å². The fourth-order valence-electron chi connectivity index (χ4n) is 2.71. The predicted molar refractivity (Wildman–Crippen MR) is 72.4 cm³/mol. The van der Waals surface area contributed by atoms with Crippen LogP contribution in [0.2, 0.25) is 0 Å². The number of nitrogens with one attached hydrogen (secondary N) is 1. The van der Waals surface area contributed by atoms with Crippen LogP contribution in [0.3, 0.4) is 0 Å². The van der Waals surface area contributed by atoms with Crippen LogP contribution < -0.4 is 10.2 Å². The SMILES string of the molecule is CNCc1cnc(N2CCCC2(C)C)c(C)c1. The van der Waals surface area contributed by atoms with Gasteiger partial charge in [0.25, 0.3) is 0 Å². The highest BCUT2D eigenvalue weighted by molar-refractivity contribution is 5.50. The minimum absolute atomic E-state index is 0.252. The lowest BCUT2D eigenvalue weighted by atomic mass is 10.0. The lowest BCUT2D eigenvalue weighted by Gasteiger charge is -2.33. The van der Waals surface area contributed by atoms with Crippen LogP contribution in [0.15, 0.2) is 12.3 Å². The summed E-state index contributed by atoms with van der Waals surface area (Å²) in [6.07, 6.45) is 4.52. The molecule has 1 N–H and O–H groups in total. The molecule has 0 saturated carbocycles. The highest BCUT2D eigenvalue weighted by atomic mass is 15.3. The minimum Gasteiger partial charge on any atom is -0.351 e. The molecule has 2 heterocycles. The molecule has 0 aliphatic carbocycles. The summed E-state index contributed by atoms with van der Waals surface area (Å²) < 4.78 is 0. The van der Waals surface area contributed by atoms with Crippen molar-refractivity contribution in [2.24, 2.45) is 0 Å². The van der Waals surface area contributed by atoms with Crippen LogP contribution in [0.5, 0.6) is 0 Å². The third kappa shape index (κ3) is 2.44. The van der Waals surface area contributed by atoms with E-state index in [4.69, 9.17) is 0 Å². The molecule has 1 aromatic heterocycles. The van der Waals surface area contributed by atoms with Gasteiger partial charge in [0.1, 0.15) is 5.82 Å². The molecular formula is C14H23N3. The molecule has 1 fully saturated rings. The van der Waals surface area contributed by atoms with E-state index in [1.807, 2.05) is 13.2 Å². The molecule has 0 amide bonds. The van der Waals surface area contributed by atoms with Crippen molar-refractivity contribution >= 4 is 5.82 Å². The fraction of sp³-hybridized carbons (Fsp3) is 0.643. The summed E-state index contributed by atoms with van der Waals surface area (Å²) in [5.74, 6) is 1.16. The van der Waals surface area contributed by atoms with Gasteiger partial charge in [-0.05, 0) is 57.9 Å². The van der Waals surface area contributed by atoms with Crippen LogP contribution >= 0.6 is 0 Å². The first-order valence-electron chi connectivity index (χ1n) is 6.42. The zero-order valence-corrected chi connectivity index (χ0v) is 11.4. The molecule has 1 aliphatic rings. The Labute approximate surface area is 104 Å². The van der Waals surface area contributed by atoms with Crippen molar-refractivity contribution in [3.8, 4) is 0 Å². The van der Waals surface area contributed by atoms with Gasteiger partial charge in [0.2, 0.25) is 0 Å². The molecule has 17 heavy (non-hydrogen) atoms. The predicted octanol–water partition coefficient (Wildman–Crippen LogP) is 2.49. The molecule has 0 radical (unpaired) electrons. The monoisotopic (exact) mass is 233 g/mol. The molecule has 1 saturated heterocycles. The number of nitrogens with zero attached hydrogens (tertiary/aromatic N) is 2. The molecule has 2 rings (SSSR count).